The van der Waals surface area contributed by atoms with Gasteiger partial charge in [0.2, 0.25) is 10.0 Å². The van der Waals surface area contributed by atoms with Crippen molar-refractivity contribution in [3.8, 4) is 5.75 Å². The largest absolute Gasteiger partial charge is 0.493 e. The van der Waals surface area contributed by atoms with Crippen molar-refractivity contribution in [3.63, 3.8) is 0 Å². The minimum Gasteiger partial charge on any atom is -0.493 e. The molecular weight excluding hydrogens is 402 g/mol. The monoisotopic (exact) mass is 419 g/mol. The minimum absolute atomic E-state index is 0.0420. The highest BCUT2D eigenvalue weighted by Crippen LogP contribution is 2.29. The molecule has 9 heteroatoms. The number of rotatable bonds is 5. The Kier molecular flexibility index (Phi) is 5.55. The van der Waals surface area contributed by atoms with Crippen molar-refractivity contribution >= 4 is 45.0 Å². The highest BCUT2D eigenvalue weighted by molar-refractivity contribution is 7.89. The molecule has 0 radical (unpaired) electrons. The van der Waals surface area contributed by atoms with E-state index in [1.54, 1.807) is 31.2 Å². The number of hydrazone groups is 1. The summed E-state index contributed by atoms with van der Waals surface area (Å²) in [5, 5.41) is 11.1. The third-order valence-corrected chi connectivity index (χ3v) is 5.21. The molecule has 28 heavy (non-hydrogen) atoms. The van der Waals surface area contributed by atoms with Crippen LogP contribution in [0.2, 0.25) is 5.02 Å². The van der Waals surface area contributed by atoms with Crippen LogP contribution in [0.5, 0.6) is 5.75 Å². The van der Waals surface area contributed by atoms with Crippen LogP contribution in [0.1, 0.15) is 19.4 Å². The van der Waals surface area contributed by atoms with E-state index < -0.39 is 10.0 Å². The molecule has 0 atom stereocenters. The summed E-state index contributed by atoms with van der Waals surface area (Å²) in [7, 11) is -3.81. The summed E-state index contributed by atoms with van der Waals surface area (Å²) in [6.07, 6.45) is 1.68. The topological polar surface area (TPSA) is 102 Å². The average Bonchev–Trinajstić information content (AvgIpc) is 2.92. The summed E-state index contributed by atoms with van der Waals surface area (Å²) in [6.45, 7) is 4.06. The van der Waals surface area contributed by atoms with Gasteiger partial charge in [-0.15, -0.1) is 0 Å². The number of halogens is 1. The van der Waals surface area contributed by atoms with E-state index in [1.807, 2.05) is 6.92 Å². The summed E-state index contributed by atoms with van der Waals surface area (Å²) in [5.74, 6) is 0.263. The Morgan fingerprint density at radius 2 is 1.89 bits per heavy atom. The molecule has 2 aromatic rings. The Morgan fingerprint density at radius 1 is 1.21 bits per heavy atom. The molecule has 3 rings (SSSR count). The standard InChI is InChI=1S/C19H18ClN3O4S/c1-3-27-18-9-4-14(20)10-13(18)11-17-12(2)22-23(19(17)24)15-5-7-16(8-6-15)28(21,25)26/h4-11H,3H2,1-2H3,(H2,21,25,26)/b17-11-. The number of hydrogen-bond acceptors (Lipinski definition) is 5. The Hall–Kier alpha value is -2.68. The first kappa shape index (κ1) is 20.1. The molecule has 0 saturated heterocycles. The molecule has 1 aliphatic rings. The van der Waals surface area contributed by atoms with Crippen LogP contribution >= 0.6 is 11.6 Å². The van der Waals surface area contributed by atoms with Gasteiger partial charge >= 0.3 is 0 Å². The predicted octanol–water partition coefficient (Wildman–Crippen LogP) is 3.19. The molecule has 0 saturated carbocycles. The van der Waals surface area contributed by atoms with Crippen molar-refractivity contribution in [2.24, 2.45) is 10.2 Å². The van der Waals surface area contributed by atoms with Crippen molar-refractivity contribution in [1.82, 2.24) is 0 Å². The SMILES string of the molecule is CCOc1ccc(Cl)cc1/C=C1\C(=O)N(c2ccc(S(N)(=O)=O)cc2)N=C1C. The van der Waals surface area contributed by atoms with E-state index in [0.717, 1.165) is 0 Å². The van der Waals surface area contributed by atoms with E-state index in [-0.39, 0.29) is 10.8 Å². The molecule has 0 unspecified atom stereocenters. The Labute approximate surface area is 168 Å². The Bertz CT molecular complexity index is 1090. The molecule has 1 aliphatic heterocycles. The van der Waals surface area contributed by atoms with Crippen LogP contribution in [0.3, 0.4) is 0 Å². The maximum Gasteiger partial charge on any atom is 0.280 e. The lowest BCUT2D eigenvalue weighted by molar-refractivity contribution is -0.114. The molecule has 0 aliphatic carbocycles. The number of hydrogen-bond donors (Lipinski definition) is 1. The van der Waals surface area contributed by atoms with Gasteiger partial charge in [-0.05, 0) is 62.4 Å². The number of nitrogens with two attached hydrogens (primary N) is 1. The highest BCUT2D eigenvalue weighted by atomic mass is 35.5. The lowest BCUT2D eigenvalue weighted by Gasteiger charge is -2.12. The third kappa shape index (κ3) is 4.09. The molecule has 7 nitrogen and oxygen atoms in total. The summed E-state index contributed by atoms with van der Waals surface area (Å²) < 4.78 is 28.4. The van der Waals surface area contributed by atoms with E-state index in [4.69, 9.17) is 21.5 Å². The van der Waals surface area contributed by atoms with Crippen molar-refractivity contribution in [2.75, 3.05) is 11.6 Å². The van der Waals surface area contributed by atoms with E-state index >= 15 is 0 Å². The first-order valence-electron chi connectivity index (χ1n) is 8.37. The van der Waals surface area contributed by atoms with Gasteiger partial charge in [0.1, 0.15) is 5.75 Å². The molecule has 0 fully saturated rings. The smallest absolute Gasteiger partial charge is 0.280 e. The summed E-state index contributed by atoms with van der Waals surface area (Å²) >= 11 is 6.08. The van der Waals surface area contributed by atoms with E-state index in [1.165, 1.54) is 29.3 Å². The molecule has 0 bridgehead atoms. The van der Waals surface area contributed by atoms with Crippen LogP contribution in [0, 0.1) is 0 Å². The maximum absolute atomic E-state index is 12.9. The zero-order chi connectivity index (χ0) is 20.5. The van der Waals surface area contributed by atoms with Crippen LogP contribution in [0.15, 0.2) is 58.0 Å². The number of primary sulfonamides is 1. The minimum atomic E-state index is -3.81. The van der Waals surface area contributed by atoms with Gasteiger partial charge in [-0.3, -0.25) is 4.79 Å². The summed E-state index contributed by atoms with van der Waals surface area (Å²) in [5.41, 5.74) is 2.00. The fourth-order valence-electron chi connectivity index (χ4n) is 2.71. The number of carbonyl (C=O) groups is 1. The van der Waals surface area contributed by atoms with Gasteiger partial charge in [-0.25, -0.2) is 13.6 Å². The van der Waals surface area contributed by atoms with Crippen LogP contribution in [0.4, 0.5) is 5.69 Å². The maximum atomic E-state index is 12.9. The fraction of sp³-hybridized carbons (Fsp3) is 0.158. The number of benzene rings is 2. The molecule has 0 aromatic heterocycles. The van der Waals surface area contributed by atoms with Gasteiger partial charge in [0.25, 0.3) is 5.91 Å². The Balaban J connectivity index is 1.95. The first-order valence-corrected chi connectivity index (χ1v) is 10.3. The predicted molar refractivity (Wildman–Crippen MR) is 109 cm³/mol. The van der Waals surface area contributed by atoms with Gasteiger partial charge in [-0.2, -0.15) is 10.1 Å². The number of anilines is 1. The summed E-state index contributed by atoms with van der Waals surface area (Å²) in [4.78, 5) is 12.8. The molecule has 0 spiro atoms. The van der Waals surface area contributed by atoms with E-state index in [9.17, 15) is 13.2 Å². The van der Waals surface area contributed by atoms with Crippen LogP contribution < -0.4 is 14.9 Å². The van der Waals surface area contributed by atoms with Gasteiger partial charge in [0.05, 0.1) is 28.5 Å². The fourth-order valence-corrected chi connectivity index (χ4v) is 3.41. The first-order chi connectivity index (χ1) is 13.2. The normalized spacial score (nSPS) is 15.9. The summed E-state index contributed by atoms with van der Waals surface area (Å²) in [6, 6.07) is 10.8. The third-order valence-electron chi connectivity index (χ3n) is 4.04. The van der Waals surface area contributed by atoms with Gasteiger partial charge in [0.15, 0.2) is 0 Å². The van der Waals surface area contributed by atoms with Crippen molar-refractivity contribution < 1.29 is 17.9 Å². The molecule has 1 heterocycles. The molecule has 146 valence electrons. The number of amides is 1. The molecular formula is C19H18ClN3O4S. The molecule has 2 N–H and O–H groups in total. The number of nitrogens with zero attached hydrogens (tertiary/aromatic N) is 2. The number of sulfonamides is 1. The van der Waals surface area contributed by atoms with Crippen molar-refractivity contribution in [2.45, 2.75) is 18.7 Å². The second kappa shape index (κ2) is 7.75. The highest BCUT2D eigenvalue weighted by Gasteiger charge is 2.29. The lowest BCUT2D eigenvalue weighted by Crippen LogP contribution is -2.21. The average molecular weight is 420 g/mol. The van der Waals surface area contributed by atoms with E-state index in [2.05, 4.69) is 5.10 Å². The number of carbonyl (C=O) groups excluding carboxylic acids is 1. The molecule has 2 aromatic carbocycles. The van der Waals surface area contributed by atoms with Crippen LogP contribution in [-0.4, -0.2) is 26.6 Å². The lowest BCUT2D eigenvalue weighted by atomic mass is 10.1. The molecule has 1 amide bonds. The van der Waals surface area contributed by atoms with Gasteiger partial charge < -0.3 is 4.74 Å². The van der Waals surface area contributed by atoms with Crippen molar-refractivity contribution in [1.29, 1.82) is 0 Å². The van der Waals surface area contributed by atoms with Gasteiger partial charge in [0, 0.05) is 10.6 Å². The number of ether oxygens (including phenoxy) is 1. The second-order valence-electron chi connectivity index (χ2n) is 6.01. The van der Waals surface area contributed by atoms with Crippen molar-refractivity contribution in [3.05, 3.63) is 58.6 Å². The zero-order valence-electron chi connectivity index (χ0n) is 15.2. The quantitative estimate of drug-likeness (QED) is 0.751. The van der Waals surface area contributed by atoms with E-state index in [0.29, 0.717) is 39.9 Å². The van der Waals surface area contributed by atoms with Crippen LogP contribution in [0.25, 0.3) is 6.08 Å². The van der Waals surface area contributed by atoms with Gasteiger partial charge in [-0.1, -0.05) is 11.6 Å². The zero-order valence-corrected chi connectivity index (χ0v) is 16.8. The Morgan fingerprint density at radius 3 is 2.50 bits per heavy atom. The van der Waals surface area contributed by atoms with Crippen LogP contribution in [-0.2, 0) is 14.8 Å². The second-order valence-corrected chi connectivity index (χ2v) is 8.01.